The van der Waals surface area contributed by atoms with E-state index in [2.05, 4.69) is 28.0 Å². The minimum Gasteiger partial charge on any atom is -0.396 e. The molecule has 2 aromatic rings. The van der Waals surface area contributed by atoms with Crippen LogP contribution in [0, 0.1) is 18.6 Å². The first-order valence-electron chi connectivity index (χ1n) is 10.0. The number of aliphatic hydroxyl groups is 1. The Morgan fingerprint density at radius 1 is 1.18 bits per heavy atom. The van der Waals surface area contributed by atoms with Crippen LogP contribution in [-0.4, -0.2) is 57.0 Å². The van der Waals surface area contributed by atoms with Crippen LogP contribution in [0.2, 0.25) is 0 Å². The maximum absolute atomic E-state index is 13.5. The number of hydrogen-bond donors (Lipinski definition) is 1. The van der Waals surface area contributed by atoms with Gasteiger partial charge in [-0.3, -0.25) is 14.5 Å². The van der Waals surface area contributed by atoms with Crippen molar-refractivity contribution in [3.63, 3.8) is 0 Å². The van der Waals surface area contributed by atoms with Crippen molar-refractivity contribution in [1.29, 1.82) is 0 Å². The number of aryl methyl sites for hydroxylation is 2. The molecule has 3 rings (SSSR count). The zero-order chi connectivity index (χ0) is 20.1. The zero-order valence-electron chi connectivity index (χ0n) is 16.7. The van der Waals surface area contributed by atoms with E-state index in [1.165, 1.54) is 17.7 Å². The van der Waals surface area contributed by atoms with Crippen LogP contribution in [0.3, 0.4) is 0 Å². The largest absolute Gasteiger partial charge is 0.396 e. The summed E-state index contributed by atoms with van der Waals surface area (Å²) in [7, 11) is 0. The van der Waals surface area contributed by atoms with Gasteiger partial charge in [0.2, 0.25) is 0 Å². The van der Waals surface area contributed by atoms with Gasteiger partial charge in [0.25, 0.3) is 0 Å². The van der Waals surface area contributed by atoms with Gasteiger partial charge in [-0.2, -0.15) is 5.10 Å². The molecule has 1 fully saturated rings. The maximum atomic E-state index is 13.5. The van der Waals surface area contributed by atoms with Crippen molar-refractivity contribution < 1.29 is 13.9 Å². The lowest BCUT2D eigenvalue weighted by molar-refractivity contribution is 0.0498. The highest BCUT2D eigenvalue weighted by Gasteiger charge is 2.27. The predicted molar refractivity (Wildman–Crippen MR) is 105 cm³/mol. The van der Waals surface area contributed by atoms with E-state index in [1.807, 2.05) is 11.6 Å². The number of aliphatic hydroxyl groups excluding tert-OH is 1. The van der Waals surface area contributed by atoms with Crippen molar-refractivity contribution in [3.8, 4) is 0 Å². The molecule has 1 atom stereocenters. The van der Waals surface area contributed by atoms with Crippen molar-refractivity contribution in [2.24, 2.45) is 0 Å². The Bertz CT molecular complexity index is 780. The summed E-state index contributed by atoms with van der Waals surface area (Å²) < 4.78 is 28.7. The average Bonchev–Trinajstić information content (AvgIpc) is 3.00. The molecule has 1 aromatic carbocycles. The molecule has 1 aliphatic rings. The summed E-state index contributed by atoms with van der Waals surface area (Å²) in [5.41, 5.74) is 3.06. The molecular formula is C21H30F2N4O. The van der Waals surface area contributed by atoms with Gasteiger partial charge in [0.05, 0.1) is 5.69 Å². The van der Waals surface area contributed by atoms with Crippen LogP contribution in [0.15, 0.2) is 24.4 Å². The summed E-state index contributed by atoms with van der Waals surface area (Å²) in [5, 5.41) is 14.1. The van der Waals surface area contributed by atoms with E-state index < -0.39 is 11.6 Å². The molecule has 0 aliphatic carbocycles. The topological polar surface area (TPSA) is 44.5 Å². The third-order valence-corrected chi connectivity index (χ3v) is 5.42. The Kier molecular flexibility index (Phi) is 7.15. The van der Waals surface area contributed by atoms with Gasteiger partial charge in [-0.15, -0.1) is 0 Å². The van der Waals surface area contributed by atoms with Crippen LogP contribution < -0.4 is 0 Å². The van der Waals surface area contributed by atoms with E-state index in [0.29, 0.717) is 13.0 Å². The number of rotatable bonds is 8. The molecule has 0 amide bonds. The predicted octanol–water partition coefficient (Wildman–Crippen LogP) is 2.95. The van der Waals surface area contributed by atoms with Crippen molar-refractivity contribution in [2.75, 3.05) is 26.2 Å². The fourth-order valence-electron chi connectivity index (χ4n) is 3.90. The second-order valence-corrected chi connectivity index (χ2v) is 7.62. The molecule has 1 aliphatic heterocycles. The highest BCUT2D eigenvalue weighted by molar-refractivity contribution is 5.18. The Morgan fingerprint density at radius 3 is 2.71 bits per heavy atom. The Hall–Kier alpha value is -1.83. The highest BCUT2D eigenvalue weighted by atomic mass is 19.2. The molecule has 0 bridgehead atoms. The van der Waals surface area contributed by atoms with E-state index >= 15 is 0 Å². The van der Waals surface area contributed by atoms with Gasteiger partial charge in [0.15, 0.2) is 11.6 Å². The molecule has 0 spiro atoms. The highest BCUT2D eigenvalue weighted by Crippen LogP contribution is 2.20. The second-order valence-electron chi connectivity index (χ2n) is 7.62. The monoisotopic (exact) mass is 392 g/mol. The van der Waals surface area contributed by atoms with Gasteiger partial charge >= 0.3 is 0 Å². The molecule has 1 saturated heterocycles. The van der Waals surface area contributed by atoms with Crippen LogP contribution in [0.5, 0.6) is 0 Å². The first-order chi connectivity index (χ1) is 13.5. The Morgan fingerprint density at radius 2 is 2.00 bits per heavy atom. The van der Waals surface area contributed by atoms with Gasteiger partial charge in [-0.25, -0.2) is 8.78 Å². The first-order valence-corrected chi connectivity index (χ1v) is 10.0. The lowest BCUT2D eigenvalue weighted by Gasteiger charge is -2.41. The smallest absolute Gasteiger partial charge is 0.159 e. The summed E-state index contributed by atoms with van der Waals surface area (Å²) in [6.07, 6.45) is 3.85. The molecule has 28 heavy (non-hydrogen) atoms. The summed E-state index contributed by atoms with van der Waals surface area (Å²) >= 11 is 0. The van der Waals surface area contributed by atoms with Gasteiger partial charge in [-0.1, -0.05) is 13.0 Å². The maximum Gasteiger partial charge on any atom is 0.159 e. The van der Waals surface area contributed by atoms with Crippen molar-refractivity contribution in [2.45, 2.75) is 52.4 Å². The molecule has 5 nitrogen and oxygen atoms in total. The molecule has 1 aromatic heterocycles. The number of nitrogens with zero attached hydrogens (tertiary/aromatic N) is 4. The van der Waals surface area contributed by atoms with E-state index in [-0.39, 0.29) is 12.6 Å². The lowest BCUT2D eigenvalue weighted by Crippen LogP contribution is -2.52. The minimum absolute atomic E-state index is 0.111. The number of benzene rings is 1. The molecule has 1 N–H and O–H groups in total. The van der Waals surface area contributed by atoms with Crippen molar-refractivity contribution in [1.82, 2.24) is 19.6 Å². The number of piperazine rings is 1. The lowest BCUT2D eigenvalue weighted by atomic mass is 10.1. The van der Waals surface area contributed by atoms with E-state index in [9.17, 15) is 13.9 Å². The summed E-state index contributed by atoms with van der Waals surface area (Å²) in [4.78, 5) is 4.65. The molecule has 0 radical (unpaired) electrons. The zero-order valence-corrected chi connectivity index (χ0v) is 16.7. The minimum atomic E-state index is -0.820. The third-order valence-electron chi connectivity index (χ3n) is 5.42. The van der Waals surface area contributed by atoms with Crippen LogP contribution in [0.25, 0.3) is 0 Å². The Balaban J connectivity index is 1.64. The molecule has 0 unspecified atom stereocenters. The molecular weight excluding hydrogens is 362 g/mol. The van der Waals surface area contributed by atoms with Crippen LogP contribution >= 0.6 is 0 Å². The fraction of sp³-hybridized carbons (Fsp3) is 0.571. The number of hydrogen-bond acceptors (Lipinski definition) is 4. The van der Waals surface area contributed by atoms with Crippen LogP contribution in [0.4, 0.5) is 8.78 Å². The van der Waals surface area contributed by atoms with E-state index in [4.69, 9.17) is 0 Å². The molecule has 154 valence electrons. The average molecular weight is 392 g/mol. The van der Waals surface area contributed by atoms with E-state index in [1.54, 1.807) is 6.07 Å². The quantitative estimate of drug-likeness (QED) is 0.750. The molecule has 2 heterocycles. The fourth-order valence-corrected chi connectivity index (χ4v) is 3.90. The molecule has 0 saturated carbocycles. The van der Waals surface area contributed by atoms with Gasteiger partial charge in [0, 0.05) is 63.7 Å². The third kappa shape index (κ3) is 5.16. The summed E-state index contributed by atoms with van der Waals surface area (Å²) in [6, 6.07) is 4.26. The van der Waals surface area contributed by atoms with Crippen molar-refractivity contribution >= 4 is 0 Å². The SMILES string of the molecule is CCCn1cc(CN2CCN(Cc3ccc(F)c(F)c3)[C@@H](CCO)C2)c(C)n1. The van der Waals surface area contributed by atoms with Crippen LogP contribution in [0.1, 0.15) is 36.6 Å². The number of aromatic nitrogens is 2. The second kappa shape index (κ2) is 9.58. The van der Waals surface area contributed by atoms with E-state index in [0.717, 1.165) is 50.4 Å². The first kappa shape index (κ1) is 20.9. The standard InChI is InChI=1S/C21H30F2N4O/c1-3-7-27-14-18(16(2)24-27)13-25-8-9-26(19(15-25)6-10-28)12-17-4-5-20(22)21(23)11-17/h4-5,11,14,19,28H,3,6-10,12-13,15H2,1-2H3/t19-/m0/s1. The number of halogens is 2. The van der Waals surface area contributed by atoms with Gasteiger partial charge < -0.3 is 5.11 Å². The van der Waals surface area contributed by atoms with Gasteiger partial charge in [0.1, 0.15) is 0 Å². The Labute approximate surface area is 165 Å². The molecule has 7 heteroatoms. The van der Waals surface area contributed by atoms with Crippen molar-refractivity contribution in [3.05, 3.63) is 52.9 Å². The van der Waals surface area contributed by atoms with Gasteiger partial charge in [-0.05, 0) is 37.5 Å². The summed E-state index contributed by atoms with van der Waals surface area (Å²) in [5.74, 6) is -1.63. The summed E-state index contributed by atoms with van der Waals surface area (Å²) in [6.45, 7) is 9.18. The van der Waals surface area contributed by atoms with Crippen LogP contribution in [-0.2, 0) is 19.6 Å². The normalized spacial score (nSPS) is 18.7.